The fraction of sp³-hybridized carbons (Fsp3) is 1.00. The van der Waals surface area contributed by atoms with Crippen LogP contribution in [0.15, 0.2) is 0 Å². The Morgan fingerprint density at radius 1 is 0.769 bits per heavy atom. The Morgan fingerprint density at radius 2 is 1.08 bits per heavy atom. The van der Waals surface area contributed by atoms with Crippen LogP contribution in [-0.4, -0.2) is 12.1 Å². The fourth-order valence-corrected chi connectivity index (χ4v) is 1.74. The second-order valence-electron chi connectivity index (χ2n) is 4.59. The van der Waals surface area contributed by atoms with Crippen molar-refractivity contribution in [3.05, 3.63) is 0 Å². The molecule has 0 aliphatic carbocycles. The Hall–Kier alpha value is -0.0400. The van der Waals surface area contributed by atoms with Gasteiger partial charge < -0.3 is 0 Å². The molecule has 2 atom stereocenters. The Bertz CT molecular complexity index is 104. The topological polar surface area (TPSA) is 14.1 Å². The van der Waals surface area contributed by atoms with Crippen LogP contribution < -0.4 is 5.32 Å². The third kappa shape index (κ3) is 4.66. The molecule has 0 aromatic carbocycles. The van der Waals surface area contributed by atoms with E-state index in [1.54, 1.807) is 0 Å². The van der Waals surface area contributed by atoms with E-state index in [0.717, 1.165) is 0 Å². The van der Waals surface area contributed by atoms with Crippen LogP contribution in [0.1, 0.15) is 54.4 Å². The van der Waals surface area contributed by atoms with Crippen molar-refractivity contribution in [3.63, 3.8) is 0 Å². The van der Waals surface area contributed by atoms with E-state index in [4.69, 9.17) is 5.32 Å². The molecule has 0 spiro atoms. The highest BCUT2D eigenvalue weighted by Gasteiger charge is 2.19. The van der Waals surface area contributed by atoms with Crippen molar-refractivity contribution in [2.45, 2.75) is 66.5 Å². The lowest BCUT2D eigenvalue weighted by molar-refractivity contribution is 0.285. The predicted molar refractivity (Wildman–Crippen MR) is 60.0 cm³/mol. The molecule has 0 rings (SSSR count). The molecule has 79 valence electrons. The molecule has 1 nitrogen and oxygen atoms in total. The van der Waals surface area contributed by atoms with Crippen LogP contribution in [0.4, 0.5) is 0 Å². The maximum Gasteiger partial charge on any atom is 0.0269 e. The molecule has 0 amide bonds. The molecule has 0 bridgehead atoms. The normalized spacial score (nSPS) is 16.6. The number of rotatable bonds is 6. The molecule has 2 unspecified atom stereocenters. The molecular weight excluding hydrogens is 158 g/mol. The van der Waals surface area contributed by atoms with Gasteiger partial charge in [-0.1, -0.05) is 41.5 Å². The fourth-order valence-electron chi connectivity index (χ4n) is 1.74. The lowest BCUT2D eigenvalue weighted by Crippen LogP contribution is -2.37. The van der Waals surface area contributed by atoms with Gasteiger partial charge in [0.2, 0.25) is 0 Å². The molecular formula is C12H26N. The van der Waals surface area contributed by atoms with E-state index >= 15 is 0 Å². The molecule has 0 aliphatic rings. The smallest absolute Gasteiger partial charge is 0.0269 e. The molecule has 13 heavy (non-hydrogen) atoms. The number of hydrogen-bond acceptors (Lipinski definition) is 0. The van der Waals surface area contributed by atoms with Gasteiger partial charge in [-0.15, -0.1) is 0 Å². The summed E-state index contributed by atoms with van der Waals surface area (Å²) in [5.74, 6) is 1.38. The minimum atomic E-state index is 0.562. The first kappa shape index (κ1) is 13.0. The molecule has 0 fully saturated rings. The van der Waals surface area contributed by atoms with Gasteiger partial charge in [-0.3, -0.25) is 0 Å². The van der Waals surface area contributed by atoms with Crippen molar-refractivity contribution in [1.82, 2.24) is 5.32 Å². The van der Waals surface area contributed by atoms with E-state index in [1.165, 1.54) is 12.8 Å². The van der Waals surface area contributed by atoms with Crippen LogP contribution in [0, 0.1) is 11.8 Å². The van der Waals surface area contributed by atoms with E-state index in [9.17, 15) is 0 Å². The molecule has 0 heterocycles. The van der Waals surface area contributed by atoms with Gasteiger partial charge in [0.1, 0.15) is 0 Å². The quantitative estimate of drug-likeness (QED) is 0.600. The Kier molecular flexibility index (Phi) is 6.40. The summed E-state index contributed by atoms with van der Waals surface area (Å²) in [6.45, 7) is 13.5. The zero-order chi connectivity index (χ0) is 10.4. The highest BCUT2D eigenvalue weighted by Crippen LogP contribution is 2.14. The largest absolute Gasteiger partial charge is 0.235 e. The highest BCUT2D eigenvalue weighted by molar-refractivity contribution is 4.76. The third-order valence-corrected chi connectivity index (χ3v) is 2.76. The van der Waals surface area contributed by atoms with Crippen molar-refractivity contribution < 1.29 is 0 Å². The van der Waals surface area contributed by atoms with Crippen LogP contribution in [-0.2, 0) is 0 Å². The molecule has 1 radical (unpaired) electrons. The van der Waals surface area contributed by atoms with Gasteiger partial charge in [-0.05, 0) is 24.7 Å². The molecule has 0 aromatic rings. The van der Waals surface area contributed by atoms with Gasteiger partial charge in [0.25, 0.3) is 0 Å². The van der Waals surface area contributed by atoms with Crippen LogP contribution in [0.2, 0.25) is 0 Å². The molecule has 0 aromatic heterocycles. The summed E-state index contributed by atoms with van der Waals surface area (Å²) in [5, 5.41) is 4.91. The Labute approximate surface area is 84.3 Å². The second-order valence-corrected chi connectivity index (χ2v) is 4.59. The summed E-state index contributed by atoms with van der Waals surface area (Å²) in [5.41, 5.74) is 0. The van der Waals surface area contributed by atoms with Crippen LogP contribution in [0.25, 0.3) is 0 Å². The van der Waals surface area contributed by atoms with Crippen molar-refractivity contribution in [1.29, 1.82) is 0 Å². The van der Waals surface area contributed by atoms with Crippen molar-refractivity contribution >= 4 is 0 Å². The summed E-state index contributed by atoms with van der Waals surface area (Å²) in [4.78, 5) is 0. The summed E-state index contributed by atoms with van der Waals surface area (Å²) in [6.07, 6.45) is 2.36. The zero-order valence-electron chi connectivity index (χ0n) is 10.2. The zero-order valence-corrected chi connectivity index (χ0v) is 10.2. The first-order valence-corrected chi connectivity index (χ1v) is 5.72. The van der Waals surface area contributed by atoms with Crippen LogP contribution in [0.5, 0.6) is 0 Å². The van der Waals surface area contributed by atoms with Gasteiger partial charge >= 0.3 is 0 Å². The average molecular weight is 184 g/mol. The lowest BCUT2D eigenvalue weighted by Gasteiger charge is -2.27. The first-order chi connectivity index (χ1) is 6.02. The van der Waals surface area contributed by atoms with Crippen LogP contribution in [0.3, 0.4) is 0 Å². The molecule has 0 saturated carbocycles. The SMILES string of the molecule is CCC([N]C(CC)C(C)C)C(C)C. The summed E-state index contributed by atoms with van der Waals surface area (Å²) < 4.78 is 0. The van der Waals surface area contributed by atoms with Gasteiger partial charge in [-0.2, -0.15) is 0 Å². The molecule has 0 saturated heterocycles. The molecule has 0 aliphatic heterocycles. The van der Waals surface area contributed by atoms with Crippen LogP contribution >= 0.6 is 0 Å². The first-order valence-electron chi connectivity index (χ1n) is 5.72. The van der Waals surface area contributed by atoms with Crippen molar-refractivity contribution in [2.75, 3.05) is 0 Å². The minimum absolute atomic E-state index is 0.562. The maximum absolute atomic E-state index is 4.91. The predicted octanol–water partition coefficient (Wildman–Crippen LogP) is 3.46. The van der Waals surface area contributed by atoms with E-state index in [0.29, 0.717) is 23.9 Å². The number of hydrogen-bond donors (Lipinski definition) is 0. The highest BCUT2D eigenvalue weighted by atomic mass is 15.0. The van der Waals surface area contributed by atoms with E-state index in [2.05, 4.69) is 41.5 Å². The lowest BCUT2D eigenvalue weighted by atomic mass is 9.96. The maximum atomic E-state index is 4.91. The van der Waals surface area contributed by atoms with E-state index < -0.39 is 0 Å². The third-order valence-electron chi connectivity index (χ3n) is 2.76. The Morgan fingerprint density at radius 3 is 1.23 bits per heavy atom. The molecule has 1 heteroatoms. The second kappa shape index (κ2) is 6.42. The van der Waals surface area contributed by atoms with Gasteiger partial charge in [0.05, 0.1) is 0 Å². The van der Waals surface area contributed by atoms with Gasteiger partial charge in [0, 0.05) is 12.1 Å². The number of nitrogens with zero attached hydrogens (tertiary/aromatic N) is 1. The van der Waals surface area contributed by atoms with E-state index in [-0.39, 0.29) is 0 Å². The molecule has 0 N–H and O–H groups in total. The Balaban J connectivity index is 4.03. The van der Waals surface area contributed by atoms with Crippen molar-refractivity contribution in [2.24, 2.45) is 11.8 Å². The minimum Gasteiger partial charge on any atom is -0.235 e. The van der Waals surface area contributed by atoms with Gasteiger partial charge in [-0.25, -0.2) is 5.32 Å². The summed E-state index contributed by atoms with van der Waals surface area (Å²) in [7, 11) is 0. The monoisotopic (exact) mass is 184 g/mol. The summed E-state index contributed by atoms with van der Waals surface area (Å²) >= 11 is 0. The standard InChI is InChI=1S/C12H26N/c1-7-11(9(3)4)13-12(8-2)10(5)6/h9-12H,7-8H2,1-6H3. The average Bonchev–Trinajstić information content (AvgIpc) is 2.05. The van der Waals surface area contributed by atoms with Gasteiger partial charge in [0.15, 0.2) is 0 Å². The van der Waals surface area contributed by atoms with Crippen molar-refractivity contribution in [3.8, 4) is 0 Å². The van der Waals surface area contributed by atoms with E-state index in [1.807, 2.05) is 0 Å². The summed E-state index contributed by atoms with van der Waals surface area (Å²) in [6, 6.07) is 1.12.